The van der Waals surface area contributed by atoms with Crippen LogP contribution in [0.1, 0.15) is 37.3 Å². The Balaban J connectivity index is 1.58. The van der Waals surface area contributed by atoms with E-state index in [1.807, 2.05) is 0 Å². The molecule has 0 radical (unpaired) electrons. The topological polar surface area (TPSA) is 18.5 Å². The van der Waals surface area contributed by atoms with Crippen molar-refractivity contribution in [3.8, 4) is 0 Å². The first-order valence-electron chi connectivity index (χ1n) is 8.44. The highest BCUT2D eigenvalue weighted by atomic mass is 15.2. The van der Waals surface area contributed by atoms with E-state index in [-0.39, 0.29) is 0 Å². The normalized spacial score (nSPS) is 25.0. The van der Waals surface area contributed by atoms with E-state index in [0.29, 0.717) is 6.04 Å². The molecule has 1 aromatic carbocycles. The molecule has 3 rings (SSSR count). The molecule has 1 heterocycles. The molecule has 1 atom stereocenters. The number of benzene rings is 1. The van der Waals surface area contributed by atoms with Crippen LogP contribution in [0, 0.1) is 0 Å². The third-order valence-corrected chi connectivity index (χ3v) is 4.73. The molecule has 0 bridgehead atoms. The predicted octanol–water partition coefficient (Wildman–Crippen LogP) is 2.46. The summed E-state index contributed by atoms with van der Waals surface area (Å²) in [6.07, 6.45) is 4.00. The summed E-state index contributed by atoms with van der Waals surface area (Å²) < 4.78 is 0. The lowest BCUT2D eigenvalue weighted by Crippen LogP contribution is -2.37. The van der Waals surface area contributed by atoms with Gasteiger partial charge in [0.05, 0.1) is 0 Å². The fourth-order valence-electron chi connectivity index (χ4n) is 3.28. The van der Waals surface area contributed by atoms with Crippen molar-refractivity contribution in [2.75, 3.05) is 26.7 Å². The summed E-state index contributed by atoms with van der Waals surface area (Å²) in [5.74, 6) is 0. The molecule has 2 fully saturated rings. The fraction of sp³-hybridized carbons (Fsp3) is 0.667. The number of hydrogen-bond acceptors (Lipinski definition) is 3. The average Bonchev–Trinajstić information content (AvgIpc) is 3.28. The number of nitrogens with one attached hydrogen (secondary N) is 1. The van der Waals surface area contributed by atoms with Gasteiger partial charge >= 0.3 is 0 Å². The fourth-order valence-corrected chi connectivity index (χ4v) is 3.28. The lowest BCUT2D eigenvalue weighted by molar-refractivity contribution is 0.194. The first-order chi connectivity index (χ1) is 10.2. The Morgan fingerprint density at radius 2 is 2.00 bits per heavy atom. The van der Waals surface area contributed by atoms with E-state index in [9.17, 15) is 0 Å². The van der Waals surface area contributed by atoms with Crippen molar-refractivity contribution in [2.24, 2.45) is 0 Å². The minimum absolute atomic E-state index is 0.644. The minimum atomic E-state index is 0.644. The lowest BCUT2D eigenvalue weighted by Gasteiger charge is -2.28. The second-order valence-electron chi connectivity index (χ2n) is 6.91. The molecule has 1 saturated carbocycles. The third kappa shape index (κ3) is 4.53. The molecule has 1 aliphatic carbocycles. The van der Waals surface area contributed by atoms with E-state index in [1.54, 1.807) is 0 Å². The van der Waals surface area contributed by atoms with Crippen LogP contribution in [0.15, 0.2) is 24.3 Å². The van der Waals surface area contributed by atoms with Gasteiger partial charge in [-0.2, -0.15) is 0 Å². The van der Waals surface area contributed by atoms with E-state index in [2.05, 4.69) is 53.4 Å². The van der Waals surface area contributed by atoms with E-state index < -0.39 is 0 Å². The molecule has 1 N–H and O–H groups in total. The Kier molecular flexibility index (Phi) is 4.94. The molecular weight excluding hydrogens is 258 g/mol. The van der Waals surface area contributed by atoms with E-state index in [4.69, 9.17) is 0 Å². The van der Waals surface area contributed by atoms with Crippen LogP contribution in [0.5, 0.6) is 0 Å². The van der Waals surface area contributed by atoms with Crippen LogP contribution in [0.3, 0.4) is 0 Å². The molecule has 21 heavy (non-hydrogen) atoms. The highest BCUT2D eigenvalue weighted by Crippen LogP contribution is 2.20. The smallest absolute Gasteiger partial charge is 0.0237 e. The summed E-state index contributed by atoms with van der Waals surface area (Å²) in [7, 11) is 2.24. The van der Waals surface area contributed by atoms with Gasteiger partial charge in [-0.05, 0) is 50.9 Å². The molecule has 2 aliphatic rings. The summed E-state index contributed by atoms with van der Waals surface area (Å²) >= 11 is 0. The zero-order valence-electron chi connectivity index (χ0n) is 13.5. The first-order valence-corrected chi connectivity index (χ1v) is 8.44. The van der Waals surface area contributed by atoms with Gasteiger partial charge in [-0.15, -0.1) is 0 Å². The van der Waals surface area contributed by atoms with Gasteiger partial charge in [0.1, 0.15) is 0 Å². The molecule has 3 nitrogen and oxygen atoms in total. The molecule has 1 saturated heterocycles. The zero-order valence-corrected chi connectivity index (χ0v) is 13.5. The summed E-state index contributed by atoms with van der Waals surface area (Å²) in [5, 5.41) is 3.61. The van der Waals surface area contributed by atoms with Crippen LogP contribution < -0.4 is 5.32 Å². The van der Waals surface area contributed by atoms with Gasteiger partial charge in [0.2, 0.25) is 0 Å². The van der Waals surface area contributed by atoms with Crippen molar-refractivity contribution in [1.29, 1.82) is 0 Å². The average molecular weight is 287 g/mol. The van der Waals surface area contributed by atoms with Crippen molar-refractivity contribution >= 4 is 0 Å². The maximum absolute atomic E-state index is 3.61. The lowest BCUT2D eigenvalue weighted by atomic mass is 10.1. The second-order valence-corrected chi connectivity index (χ2v) is 6.91. The number of likely N-dealkylation sites (N-methyl/N-ethyl adjacent to an activating group) is 1. The summed E-state index contributed by atoms with van der Waals surface area (Å²) in [6, 6.07) is 10.6. The Morgan fingerprint density at radius 3 is 2.81 bits per heavy atom. The predicted molar refractivity (Wildman–Crippen MR) is 88.3 cm³/mol. The maximum Gasteiger partial charge on any atom is 0.0237 e. The highest BCUT2D eigenvalue weighted by molar-refractivity contribution is 5.23. The molecule has 0 amide bonds. The van der Waals surface area contributed by atoms with Crippen LogP contribution in [-0.4, -0.2) is 48.6 Å². The van der Waals surface area contributed by atoms with Crippen LogP contribution in [-0.2, 0) is 13.1 Å². The summed E-state index contributed by atoms with van der Waals surface area (Å²) in [5.41, 5.74) is 2.89. The molecule has 1 aromatic rings. The van der Waals surface area contributed by atoms with Crippen LogP contribution >= 0.6 is 0 Å². The Hall–Kier alpha value is -0.900. The summed E-state index contributed by atoms with van der Waals surface area (Å²) in [6.45, 7) is 8.11. The Morgan fingerprint density at radius 1 is 1.19 bits per heavy atom. The minimum Gasteiger partial charge on any atom is -0.310 e. The van der Waals surface area contributed by atoms with Crippen LogP contribution in [0.4, 0.5) is 0 Å². The van der Waals surface area contributed by atoms with E-state index in [1.165, 1.54) is 50.0 Å². The molecule has 0 aromatic heterocycles. The standard InChI is InChI=1S/C18H29N3/c1-15-13-20(2)9-4-10-21(15)14-17-6-3-5-16(11-17)12-19-18-7-8-18/h3,5-6,11,15,18-19H,4,7-10,12-14H2,1-2H3. The molecule has 3 heteroatoms. The van der Waals surface area contributed by atoms with Crippen LogP contribution in [0.2, 0.25) is 0 Å². The number of hydrogen-bond donors (Lipinski definition) is 1. The molecule has 1 unspecified atom stereocenters. The van der Waals surface area contributed by atoms with Gasteiger partial charge in [-0.25, -0.2) is 0 Å². The molecule has 116 valence electrons. The Labute approximate surface area is 129 Å². The van der Waals surface area contributed by atoms with Gasteiger partial charge in [0.25, 0.3) is 0 Å². The molecular formula is C18H29N3. The van der Waals surface area contributed by atoms with Crippen molar-refractivity contribution in [3.05, 3.63) is 35.4 Å². The number of nitrogens with zero attached hydrogens (tertiary/aromatic N) is 2. The van der Waals surface area contributed by atoms with Gasteiger partial charge in [-0.1, -0.05) is 24.3 Å². The second kappa shape index (κ2) is 6.91. The van der Waals surface area contributed by atoms with Crippen LogP contribution in [0.25, 0.3) is 0 Å². The van der Waals surface area contributed by atoms with Crippen molar-refractivity contribution in [3.63, 3.8) is 0 Å². The van der Waals surface area contributed by atoms with Crippen molar-refractivity contribution < 1.29 is 0 Å². The summed E-state index contributed by atoms with van der Waals surface area (Å²) in [4.78, 5) is 5.09. The quantitative estimate of drug-likeness (QED) is 0.897. The largest absolute Gasteiger partial charge is 0.310 e. The zero-order chi connectivity index (χ0) is 14.7. The van der Waals surface area contributed by atoms with Crippen molar-refractivity contribution in [1.82, 2.24) is 15.1 Å². The Bertz CT molecular complexity index is 456. The number of rotatable bonds is 5. The van der Waals surface area contributed by atoms with E-state index >= 15 is 0 Å². The molecule has 1 aliphatic heterocycles. The monoisotopic (exact) mass is 287 g/mol. The van der Waals surface area contributed by atoms with Gasteiger partial charge in [-0.3, -0.25) is 4.90 Å². The first kappa shape index (κ1) is 15.0. The van der Waals surface area contributed by atoms with Gasteiger partial charge in [0, 0.05) is 38.3 Å². The highest BCUT2D eigenvalue weighted by Gasteiger charge is 2.21. The maximum atomic E-state index is 3.61. The third-order valence-electron chi connectivity index (χ3n) is 4.73. The SMILES string of the molecule is CC1CN(C)CCCN1Cc1cccc(CNC2CC2)c1. The van der Waals surface area contributed by atoms with Gasteiger partial charge < -0.3 is 10.2 Å². The van der Waals surface area contributed by atoms with E-state index in [0.717, 1.165) is 19.1 Å². The van der Waals surface area contributed by atoms with Crippen molar-refractivity contribution in [2.45, 2.75) is 51.4 Å². The molecule has 0 spiro atoms. The van der Waals surface area contributed by atoms with Gasteiger partial charge in [0.15, 0.2) is 0 Å².